The summed E-state index contributed by atoms with van der Waals surface area (Å²) >= 11 is 0. The van der Waals surface area contributed by atoms with E-state index in [0.29, 0.717) is 35.6 Å². The summed E-state index contributed by atoms with van der Waals surface area (Å²) in [5.41, 5.74) is 14.3. The van der Waals surface area contributed by atoms with E-state index < -0.39 is 67.3 Å². The molecule has 3 aliphatic rings. The maximum Gasteiger partial charge on any atom is 0.392 e. The fourth-order valence-corrected chi connectivity index (χ4v) is 8.12. The standard InChI is InChI=1S/C35H39F7N8/c1-17-4-26(45-14-22(17)12-44)27-15-49-30(10-24(35(40,41)42)18(2)3-20-6-21(20)7-31(49)47-27)29-8-23(34(37,38)39)9-32-48-28(16-50(29)32)33-25(36)5-19(11-43)13-46-33/h4-5,13-16,18,20-21,23-24,29-30H,3,6-12,43-44H2,1-2H3/t18?,20-,21?,23?,24?,29?,30?/m1/s1. The van der Waals surface area contributed by atoms with Crippen LogP contribution in [0.15, 0.2) is 36.9 Å². The average Bonchev–Trinajstić information content (AvgIpc) is 3.42. The minimum Gasteiger partial charge on any atom is -0.329 e. The van der Waals surface area contributed by atoms with Gasteiger partial charge in [-0.2, -0.15) is 26.3 Å². The van der Waals surface area contributed by atoms with Crippen LogP contribution in [-0.4, -0.2) is 41.4 Å². The van der Waals surface area contributed by atoms with Crippen molar-refractivity contribution in [3.63, 3.8) is 0 Å². The summed E-state index contributed by atoms with van der Waals surface area (Å²) in [6.45, 7) is 3.77. The van der Waals surface area contributed by atoms with Gasteiger partial charge in [-0.05, 0) is 79.2 Å². The maximum atomic E-state index is 15.2. The topological polar surface area (TPSA) is 113 Å². The van der Waals surface area contributed by atoms with E-state index in [4.69, 9.17) is 16.5 Å². The van der Waals surface area contributed by atoms with Gasteiger partial charge in [-0.15, -0.1) is 0 Å². The molecule has 1 aliphatic carbocycles. The quantitative estimate of drug-likeness (QED) is 0.212. The van der Waals surface area contributed by atoms with Crippen LogP contribution >= 0.6 is 0 Å². The molecular weight excluding hydrogens is 665 g/mol. The molecule has 0 saturated heterocycles. The number of hydrogen-bond donors (Lipinski definition) is 2. The van der Waals surface area contributed by atoms with E-state index in [1.54, 1.807) is 23.9 Å². The lowest BCUT2D eigenvalue weighted by Gasteiger charge is -2.40. The first-order chi connectivity index (χ1) is 23.6. The van der Waals surface area contributed by atoms with Crippen molar-refractivity contribution >= 4 is 0 Å². The third-order valence-electron chi connectivity index (χ3n) is 11.1. The van der Waals surface area contributed by atoms with E-state index in [9.17, 15) is 26.3 Å². The average molecular weight is 705 g/mol. The summed E-state index contributed by atoms with van der Waals surface area (Å²) in [6, 6.07) is 0.792. The number of hydrogen-bond acceptors (Lipinski definition) is 6. The Morgan fingerprint density at radius 1 is 0.760 bits per heavy atom. The molecule has 0 amide bonds. The molecule has 1 fully saturated rings. The highest BCUT2D eigenvalue weighted by Gasteiger charge is 2.52. The lowest BCUT2D eigenvalue weighted by atomic mass is 9.79. The molecule has 7 rings (SSSR count). The van der Waals surface area contributed by atoms with Gasteiger partial charge in [0.1, 0.15) is 28.7 Å². The van der Waals surface area contributed by atoms with Crippen molar-refractivity contribution in [2.45, 2.75) is 89.9 Å². The van der Waals surface area contributed by atoms with Crippen LogP contribution in [0.25, 0.3) is 22.8 Å². The largest absolute Gasteiger partial charge is 0.392 e. The molecule has 268 valence electrons. The van der Waals surface area contributed by atoms with Gasteiger partial charge in [0.25, 0.3) is 0 Å². The summed E-state index contributed by atoms with van der Waals surface area (Å²) in [7, 11) is 0. The summed E-state index contributed by atoms with van der Waals surface area (Å²) in [4.78, 5) is 18.0. The van der Waals surface area contributed by atoms with Crippen molar-refractivity contribution < 1.29 is 30.7 Å². The summed E-state index contributed by atoms with van der Waals surface area (Å²) in [6.07, 6.45) is -3.02. The zero-order valence-electron chi connectivity index (χ0n) is 27.6. The van der Waals surface area contributed by atoms with Crippen LogP contribution in [0.1, 0.15) is 73.0 Å². The molecule has 0 aromatic carbocycles. The highest BCUT2D eigenvalue weighted by atomic mass is 19.4. The molecule has 6 unspecified atom stereocenters. The zero-order chi connectivity index (χ0) is 35.7. The maximum absolute atomic E-state index is 15.2. The minimum absolute atomic E-state index is 0.00142. The number of aryl methyl sites for hydroxylation is 1. The van der Waals surface area contributed by atoms with Gasteiger partial charge < -0.3 is 20.6 Å². The van der Waals surface area contributed by atoms with Gasteiger partial charge in [0.15, 0.2) is 5.82 Å². The van der Waals surface area contributed by atoms with Crippen molar-refractivity contribution in [3.05, 3.63) is 71.1 Å². The number of nitrogens with zero attached hydrogens (tertiary/aromatic N) is 6. The smallest absolute Gasteiger partial charge is 0.329 e. The molecule has 1 saturated carbocycles. The molecule has 7 atom stereocenters. The molecule has 15 heteroatoms. The van der Waals surface area contributed by atoms with E-state index in [1.165, 1.54) is 23.0 Å². The van der Waals surface area contributed by atoms with Crippen LogP contribution in [0.3, 0.4) is 0 Å². The third kappa shape index (κ3) is 6.54. The molecule has 4 aromatic rings. The van der Waals surface area contributed by atoms with Gasteiger partial charge in [-0.1, -0.05) is 6.92 Å². The second-order valence-corrected chi connectivity index (χ2v) is 14.3. The molecule has 6 heterocycles. The second-order valence-electron chi connectivity index (χ2n) is 14.3. The number of rotatable bonds is 5. The fourth-order valence-electron chi connectivity index (χ4n) is 8.12. The molecule has 0 bridgehead atoms. The van der Waals surface area contributed by atoms with Crippen LogP contribution in [0.4, 0.5) is 30.7 Å². The van der Waals surface area contributed by atoms with Crippen molar-refractivity contribution in [3.8, 4) is 22.8 Å². The van der Waals surface area contributed by atoms with Crippen molar-refractivity contribution in [1.82, 2.24) is 29.1 Å². The van der Waals surface area contributed by atoms with Crippen LogP contribution in [0.2, 0.25) is 0 Å². The summed E-state index contributed by atoms with van der Waals surface area (Å²) < 4.78 is 107. The van der Waals surface area contributed by atoms with Gasteiger partial charge >= 0.3 is 12.4 Å². The fraction of sp³-hybridized carbons (Fsp3) is 0.543. The highest BCUT2D eigenvalue weighted by molar-refractivity contribution is 5.56. The van der Waals surface area contributed by atoms with E-state index in [0.717, 1.165) is 17.5 Å². The van der Waals surface area contributed by atoms with Crippen LogP contribution in [0.5, 0.6) is 0 Å². The van der Waals surface area contributed by atoms with Crippen molar-refractivity contribution in [2.75, 3.05) is 0 Å². The van der Waals surface area contributed by atoms with E-state index in [1.807, 2.05) is 13.0 Å². The molecule has 4 N–H and O–H groups in total. The molecule has 0 spiro atoms. The molecular formula is C35H39F7N8. The Labute approximate surface area is 284 Å². The number of fused-ring (bicyclic) bond motifs is 3. The van der Waals surface area contributed by atoms with Crippen LogP contribution in [0, 0.1) is 42.3 Å². The first-order valence-corrected chi connectivity index (χ1v) is 16.9. The molecule has 50 heavy (non-hydrogen) atoms. The van der Waals surface area contributed by atoms with E-state index in [-0.39, 0.29) is 42.1 Å². The lowest BCUT2D eigenvalue weighted by Crippen LogP contribution is -2.40. The first kappa shape index (κ1) is 34.6. The Bertz CT molecular complexity index is 1880. The summed E-state index contributed by atoms with van der Waals surface area (Å²) in [5.74, 6) is -4.41. The van der Waals surface area contributed by atoms with Gasteiger partial charge in [-0.3, -0.25) is 9.97 Å². The number of halogens is 7. The Kier molecular flexibility index (Phi) is 8.81. The van der Waals surface area contributed by atoms with Gasteiger partial charge in [0.05, 0.1) is 29.6 Å². The summed E-state index contributed by atoms with van der Waals surface area (Å²) in [5, 5.41) is 0. The van der Waals surface area contributed by atoms with Crippen molar-refractivity contribution in [2.24, 2.45) is 41.1 Å². The monoisotopic (exact) mass is 704 g/mol. The third-order valence-corrected chi connectivity index (χ3v) is 11.1. The van der Waals surface area contributed by atoms with Gasteiger partial charge in [0.2, 0.25) is 0 Å². The Balaban J connectivity index is 1.40. The van der Waals surface area contributed by atoms with Gasteiger partial charge in [-0.25, -0.2) is 14.4 Å². The van der Waals surface area contributed by atoms with Crippen molar-refractivity contribution in [1.29, 1.82) is 0 Å². The normalized spacial score (nSPS) is 27.0. The first-order valence-electron chi connectivity index (χ1n) is 16.9. The number of alkyl halides is 6. The number of pyridine rings is 2. The number of nitrogens with two attached hydrogens (primary N) is 2. The molecule has 2 aliphatic heterocycles. The SMILES string of the molecule is Cc1cc(-c2cn3c(n2)CC2C[C@H]2CC(C)C(C(F)(F)F)CC3C2CC(C(F)(F)F)Cc3nc(-c4ncc(CN)cc4F)cn32)ncc1CN. The second kappa shape index (κ2) is 12.7. The minimum atomic E-state index is -4.65. The van der Waals surface area contributed by atoms with Crippen LogP contribution < -0.4 is 11.5 Å². The van der Waals surface area contributed by atoms with Crippen LogP contribution in [-0.2, 0) is 25.9 Å². The Hall–Kier alpha value is -3.85. The highest BCUT2D eigenvalue weighted by Crippen LogP contribution is 2.53. The zero-order valence-corrected chi connectivity index (χ0v) is 27.6. The lowest BCUT2D eigenvalue weighted by molar-refractivity contribution is -0.197. The predicted octanol–water partition coefficient (Wildman–Crippen LogP) is 7.26. The Morgan fingerprint density at radius 2 is 1.44 bits per heavy atom. The van der Waals surface area contributed by atoms with E-state index in [2.05, 4.69) is 15.0 Å². The molecule has 8 nitrogen and oxygen atoms in total. The number of aromatic nitrogens is 6. The Morgan fingerprint density at radius 3 is 2.08 bits per heavy atom. The molecule has 4 aromatic heterocycles. The van der Waals surface area contributed by atoms with Gasteiger partial charge in [0, 0.05) is 50.7 Å². The predicted molar refractivity (Wildman–Crippen MR) is 171 cm³/mol. The van der Waals surface area contributed by atoms with E-state index >= 15 is 4.39 Å². The number of imidazole rings is 2. The molecule has 0 radical (unpaired) electrons.